The van der Waals surface area contributed by atoms with Crippen LogP contribution in [0.15, 0.2) is 102 Å². The van der Waals surface area contributed by atoms with Gasteiger partial charge < -0.3 is 0 Å². The number of hydrogen-bond donors (Lipinski definition) is 0. The number of rotatable bonds is 4. The second kappa shape index (κ2) is 8.29. The zero-order chi connectivity index (χ0) is 20.3. The molecule has 1 fully saturated rings. The summed E-state index contributed by atoms with van der Waals surface area (Å²) in [7, 11) is 2.12. The summed E-state index contributed by atoms with van der Waals surface area (Å²) in [5.74, 6) is 0.366. The number of fused-ring (bicyclic) bond motifs is 1. The lowest BCUT2D eigenvalue weighted by molar-refractivity contribution is 0.190. The van der Waals surface area contributed by atoms with E-state index in [0.29, 0.717) is 5.92 Å². The fourth-order valence-electron chi connectivity index (χ4n) is 4.80. The highest BCUT2D eigenvalue weighted by atomic mass is 15.5. The molecule has 3 aromatic carbocycles. The Kier molecular flexibility index (Phi) is 5.20. The molecule has 3 aromatic rings. The lowest BCUT2D eigenvalue weighted by atomic mass is 9.83. The molecule has 2 unspecified atom stereocenters. The van der Waals surface area contributed by atoms with Gasteiger partial charge in [0.1, 0.15) is 0 Å². The summed E-state index contributed by atoms with van der Waals surface area (Å²) < 4.78 is 0. The molecule has 2 atom stereocenters. The first-order valence-corrected chi connectivity index (χ1v) is 10.7. The Morgan fingerprint density at radius 3 is 2.20 bits per heavy atom. The minimum atomic E-state index is 0.277. The fourth-order valence-corrected chi connectivity index (χ4v) is 4.80. The van der Waals surface area contributed by atoms with E-state index in [-0.39, 0.29) is 6.04 Å². The van der Waals surface area contributed by atoms with Gasteiger partial charge in [-0.2, -0.15) is 5.10 Å². The molecule has 2 heterocycles. The lowest BCUT2D eigenvalue weighted by Gasteiger charge is -2.36. The van der Waals surface area contributed by atoms with E-state index in [9.17, 15) is 0 Å². The highest BCUT2D eigenvalue weighted by molar-refractivity contribution is 6.07. The van der Waals surface area contributed by atoms with Crippen molar-refractivity contribution in [3.8, 4) is 0 Å². The Bertz CT molecular complexity index is 1040. The van der Waals surface area contributed by atoms with E-state index in [2.05, 4.69) is 114 Å². The molecule has 0 aliphatic carbocycles. The molecule has 2 aliphatic rings. The van der Waals surface area contributed by atoms with Crippen LogP contribution in [0.2, 0.25) is 0 Å². The molecule has 0 N–H and O–H groups in total. The largest absolute Gasteiger partial charge is 0.294 e. The average Bonchev–Trinajstić information content (AvgIpc) is 3.12. The second-order valence-corrected chi connectivity index (χ2v) is 8.26. The highest BCUT2D eigenvalue weighted by Gasteiger charge is 2.42. The molecular weight excluding hydrogens is 366 g/mol. The smallest absolute Gasteiger partial charge is 0.0813 e. The average molecular weight is 394 g/mol. The third kappa shape index (κ3) is 3.81. The number of piperidine rings is 1. The Balaban J connectivity index is 1.51. The van der Waals surface area contributed by atoms with Crippen LogP contribution < -0.4 is 0 Å². The van der Waals surface area contributed by atoms with E-state index >= 15 is 0 Å². The van der Waals surface area contributed by atoms with Gasteiger partial charge in [0.05, 0.1) is 11.8 Å². The Morgan fingerprint density at radius 2 is 1.50 bits per heavy atom. The molecule has 0 aromatic heterocycles. The second-order valence-electron chi connectivity index (χ2n) is 8.26. The molecule has 1 saturated heterocycles. The van der Waals surface area contributed by atoms with Gasteiger partial charge >= 0.3 is 0 Å². The monoisotopic (exact) mass is 393 g/mol. The van der Waals surface area contributed by atoms with Gasteiger partial charge in [-0.05, 0) is 28.3 Å². The minimum absolute atomic E-state index is 0.277. The number of likely N-dealkylation sites (tertiary alicyclic amines) is 1. The molecule has 3 nitrogen and oxygen atoms in total. The molecule has 0 spiro atoms. The zero-order valence-electron chi connectivity index (χ0n) is 17.4. The zero-order valence-corrected chi connectivity index (χ0v) is 17.4. The van der Waals surface area contributed by atoms with E-state index in [1.807, 2.05) is 0 Å². The summed E-state index contributed by atoms with van der Waals surface area (Å²) in [6.07, 6.45) is 2.32. The maximum atomic E-state index is 5.04. The SMILES string of the molecule is CN1N=C2C(=Cc3ccccc3)CN(Cc3ccccc3)CC2C1c1ccccc1. The maximum absolute atomic E-state index is 5.04. The van der Waals surface area contributed by atoms with E-state index < -0.39 is 0 Å². The van der Waals surface area contributed by atoms with E-state index in [0.717, 1.165) is 19.6 Å². The molecule has 3 heteroatoms. The van der Waals surface area contributed by atoms with Crippen LogP contribution in [0.3, 0.4) is 0 Å². The molecule has 5 rings (SSSR count). The van der Waals surface area contributed by atoms with Gasteiger partial charge in [0.15, 0.2) is 0 Å². The Morgan fingerprint density at radius 1 is 0.867 bits per heavy atom. The summed E-state index contributed by atoms with van der Waals surface area (Å²) in [5.41, 5.74) is 6.52. The molecule has 0 radical (unpaired) electrons. The van der Waals surface area contributed by atoms with Crippen molar-refractivity contribution in [2.75, 3.05) is 20.1 Å². The first-order chi connectivity index (χ1) is 14.8. The topological polar surface area (TPSA) is 18.8 Å². The number of hydrazone groups is 1. The van der Waals surface area contributed by atoms with Crippen LogP contribution in [0.4, 0.5) is 0 Å². The third-order valence-corrected chi connectivity index (χ3v) is 6.11. The quantitative estimate of drug-likeness (QED) is 0.603. The van der Waals surface area contributed by atoms with Crippen molar-refractivity contribution in [2.45, 2.75) is 12.6 Å². The molecule has 0 bridgehead atoms. The van der Waals surface area contributed by atoms with Gasteiger partial charge in [0.25, 0.3) is 0 Å². The Hall–Kier alpha value is -3.17. The van der Waals surface area contributed by atoms with Gasteiger partial charge in [-0.1, -0.05) is 91.0 Å². The number of nitrogens with zero attached hydrogens (tertiary/aromatic N) is 3. The van der Waals surface area contributed by atoms with Gasteiger partial charge in [0.2, 0.25) is 0 Å². The van der Waals surface area contributed by atoms with Gasteiger partial charge in [-0.15, -0.1) is 0 Å². The summed E-state index contributed by atoms with van der Waals surface area (Å²) in [4.78, 5) is 2.57. The van der Waals surface area contributed by atoms with Gasteiger partial charge in [-0.25, -0.2) is 0 Å². The van der Waals surface area contributed by atoms with Crippen molar-refractivity contribution in [1.29, 1.82) is 0 Å². The molecule has 0 amide bonds. The highest BCUT2D eigenvalue weighted by Crippen LogP contribution is 2.40. The van der Waals surface area contributed by atoms with Crippen molar-refractivity contribution in [2.24, 2.45) is 11.0 Å². The van der Waals surface area contributed by atoms with Crippen molar-refractivity contribution in [3.63, 3.8) is 0 Å². The predicted octanol–water partition coefficient (Wildman–Crippen LogP) is 5.24. The normalized spacial score (nSPS) is 22.8. The van der Waals surface area contributed by atoms with Crippen LogP contribution in [-0.4, -0.2) is 35.8 Å². The van der Waals surface area contributed by atoms with Crippen molar-refractivity contribution >= 4 is 11.8 Å². The first kappa shape index (κ1) is 18.8. The van der Waals surface area contributed by atoms with Crippen LogP contribution in [0.5, 0.6) is 0 Å². The van der Waals surface area contributed by atoms with Gasteiger partial charge in [0, 0.05) is 32.6 Å². The van der Waals surface area contributed by atoms with Gasteiger partial charge in [-0.3, -0.25) is 9.91 Å². The van der Waals surface area contributed by atoms with Crippen LogP contribution in [-0.2, 0) is 6.54 Å². The van der Waals surface area contributed by atoms with E-state index in [1.54, 1.807) is 0 Å². The minimum Gasteiger partial charge on any atom is -0.294 e. The molecule has 0 saturated carbocycles. The van der Waals surface area contributed by atoms with Crippen LogP contribution in [0.1, 0.15) is 22.7 Å². The molecule has 30 heavy (non-hydrogen) atoms. The van der Waals surface area contributed by atoms with Crippen molar-refractivity contribution in [1.82, 2.24) is 9.91 Å². The predicted molar refractivity (Wildman–Crippen MR) is 124 cm³/mol. The number of hydrogen-bond acceptors (Lipinski definition) is 3. The van der Waals surface area contributed by atoms with Crippen LogP contribution in [0, 0.1) is 5.92 Å². The summed E-state index contributed by atoms with van der Waals surface area (Å²) in [6.45, 7) is 2.90. The lowest BCUT2D eigenvalue weighted by Crippen LogP contribution is -2.43. The summed E-state index contributed by atoms with van der Waals surface area (Å²) in [5, 5.41) is 7.21. The first-order valence-electron chi connectivity index (χ1n) is 10.7. The van der Waals surface area contributed by atoms with E-state index in [1.165, 1.54) is 28.0 Å². The summed E-state index contributed by atoms with van der Waals surface area (Å²) in [6, 6.07) is 32.5. The molecule has 2 aliphatic heterocycles. The van der Waals surface area contributed by atoms with E-state index in [4.69, 9.17) is 5.10 Å². The number of benzene rings is 3. The van der Waals surface area contributed by atoms with Crippen LogP contribution >= 0.6 is 0 Å². The standard InChI is InChI=1S/C27H27N3/c1-29-27(23-15-9-4-10-16-23)25-20-30(18-22-13-7-3-8-14-22)19-24(26(25)28-29)17-21-11-5-2-6-12-21/h2-17,25,27H,18-20H2,1H3. The molecular formula is C27H27N3. The summed E-state index contributed by atoms with van der Waals surface area (Å²) >= 11 is 0. The fraction of sp³-hybridized carbons (Fsp3) is 0.222. The Labute approximate surface area is 179 Å². The van der Waals surface area contributed by atoms with Crippen molar-refractivity contribution < 1.29 is 0 Å². The maximum Gasteiger partial charge on any atom is 0.0813 e. The van der Waals surface area contributed by atoms with Crippen molar-refractivity contribution in [3.05, 3.63) is 113 Å². The molecule has 150 valence electrons. The van der Waals surface area contributed by atoms with Crippen LogP contribution in [0.25, 0.3) is 6.08 Å². The third-order valence-electron chi connectivity index (χ3n) is 6.11.